The summed E-state index contributed by atoms with van der Waals surface area (Å²) in [5.74, 6) is -1.06. The number of aliphatic hydroxyl groups is 1. The lowest BCUT2D eigenvalue weighted by Crippen LogP contribution is -2.21. The summed E-state index contributed by atoms with van der Waals surface area (Å²) in [6, 6.07) is 12.7. The lowest BCUT2D eigenvalue weighted by Gasteiger charge is -2.14. The van der Waals surface area contributed by atoms with Crippen LogP contribution in [0.25, 0.3) is 5.76 Å². The van der Waals surface area contributed by atoms with Crippen molar-refractivity contribution in [1.82, 2.24) is 5.32 Å². The van der Waals surface area contributed by atoms with Crippen LogP contribution in [0.5, 0.6) is 5.75 Å². The molecule has 0 spiro atoms. The molecule has 1 amide bonds. The number of aliphatic hydroxyl groups excluding tert-OH is 1. The minimum absolute atomic E-state index is 0.0245. The van der Waals surface area contributed by atoms with Crippen molar-refractivity contribution in [2.45, 2.75) is 13.0 Å². The molecule has 1 aliphatic heterocycles. The Morgan fingerprint density at radius 1 is 1.12 bits per heavy atom. The van der Waals surface area contributed by atoms with Crippen LogP contribution < -0.4 is 10.1 Å². The van der Waals surface area contributed by atoms with Crippen LogP contribution in [0.3, 0.4) is 0 Å². The molecule has 0 bridgehead atoms. The zero-order valence-electron chi connectivity index (χ0n) is 13.5. The summed E-state index contributed by atoms with van der Waals surface area (Å²) >= 11 is 5.88. The van der Waals surface area contributed by atoms with Gasteiger partial charge in [-0.2, -0.15) is 0 Å². The molecule has 25 heavy (non-hydrogen) atoms. The standard InChI is InChI=1S/C19H16ClNO4/c1-2-25-14-9-5-12(6-10-14)17(22)15-16(21-19(24)18(15)23)11-3-7-13(20)8-4-11/h3-10,16,22H,2H2,1H3,(H,21,24)/b17-15+. The highest BCUT2D eigenvalue weighted by Gasteiger charge is 2.39. The molecule has 0 radical (unpaired) electrons. The lowest BCUT2D eigenvalue weighted by atomic mass is 9.96. The normalized spacial score (nSPS) is 18.9. The first-order valence-electron chi connectivity index (χ1n) is 7.78. The van der Waals surface area contributed by atoms with Gasteiger partial charge in [0.15, 0.2) is 0 Å². The molecule has 0 saturated carbocycles. The number of Topliss-reactive ketones (excluding diaryl/α,β-unsaturated/α-hetero) is 1. The SMILES string of the molecule is CCOc1ccc(/C(O)=C2\C(=O)C(=O)NC2c2ccc(Cl)cc2)cc1. The van der Waals surface area contributed by atoms with Crippen molar-refractivity contribution in [3.63, 3.8) is 0 Å². The summed E-state index contributed by atoms with van der Waals surface area (Å²) in [7, 11) is 0. The van der Waals surface area contributed by atoms with Crippen LogP contribution in [0.4, 0.5) is 0 Å². The van der Waals surface area contributed by atoms with Gasteiger partial charge >= 0.3 is 0 Å². The number of nitrogens with one attached hydrogen (secondary N) is 1. The van der Waals surface area contributed by atoms with Gasteiger partial charge in [-0.15, -0.1) is 0 Å². The number of hydrogen-bond acceptors (Lipinski definition) is 4. The lowest BCUT2D eigenvalue weighted by molar-refractivity contribution is -0.133. The van der Waals surface area contributed by atoms with E-state index in [1.807, 2.05) is 6.92 Å². The Balaban J connectivity index is 2.02. The van der Waals surface area contributed by atoms with Crippen molar-refractivity contribution in [3.8, 4) is 5.75 Å². The van der Waals surface area contributed by atoms with E-state index in [9.17, 15) is 14.7 Å². The second kappa shape index (κ2) is 6.99. The molecule has 2 aromatic carbocycles. The van der Waals surface area contributed by atoms with Crippen molar-refractivity contribution < 1.29 is 19.4 Å². The molecule has 6 heteroatoms. The fourth-order valence-corrected chi connectivity index (χ4v) is 2.83. The quantitative estimate of drug-likeness (QED) is 0.499. The number of hydrogen-bond donors (Lipinski definition) is 2. The van der Waals surface area contributed by atoms with E-state index >= 15 is 0 Å². The highest BCUT2D eigenvalue weighted by molar-refractivity contribution is 6.46. The maximum absolute atomic E-state index is 12.3. The third-order valence-corrected chi connectivity index (χ3v) is 4.16. The van der Waals surface area contributed by atoms with Gasteiger partial charge in [0.05, 0.1) is 18.2 Å². The molecule has 1 heterocycles. The molecule has 0 aliphatic carbocycles. The molecule has 1 atom stereocenters. The molecule has 5 nitrogen and oxygen atoms in total. The summed E-state index contributed by atoms with van der Waals surface area (Å²) in [6.45, 7) is 2.40. The van der Waals surface area contributed by atoms with Crippen molar-refractivity contribution in [2.24, 2.45) is 0 Å². The second-order valence-electron chi connectivity index (χ2n) is 5.51. The van der Waals surface area contributed by atoms with E-state index in [-0.39, 0.29) is 11.3 Å². The zero-order chi connectivity index (χ0) is 18.0. The van der Waals surface area contributed by atoms with E-state index in [0.29, 0.717) is 28.5 Å². The first-order chi connectivity index (χ1) is 12.0. The van der Waals surface area contributed by atoms with E-state index in [1.54, 1.807) is 48.5 Å². The molecule has 1 saturated heterocycles. The van der Waals surface area contributed by atoms with Crippen LogP contribution in [0.1, 0.15) is 24.1 Å². The number of rotatable bonds is 4. The molecule has 1 fully saturated rings. The molecule has 2 aromatic rings. The molecule has 3 rings (SSSR count). The first kappa shape index (κ1) is 17.0. The Kier molecular flexibility index (Phi) is 4.76. The van der Waals surface area contributed by atoms with Gasteiger partial charge < -0.3 is 15.2 Å². The summed E-state index contributed by atoms with van der Waals surface area (Å²) in [5.41, 5.74) is 1.12. The third kappa shape index (κ3) is 3.37. The zero-order valence-corrected chi connectivity index (χ0v) is 14.2. The smallest absolute Gasteiger partial charge is 0.293 e. The number of amides is 1. The predicted molar refractivity (Wildman–Crippen MR) is 94.5 cm³/mol. The number of carbonyl (C=O) groups is 2. The minimum atomic E-state index is -0.744. The monoisotopic (exact) mass is 357 g/mol. The third-order valence-electron chi connectivity index (χ3n) is 3.91. The Labute approximate surface area is 149 Å². The van der Waals surface area contributed by atoms with Gasteiger partial charge in [-0.3, -0.25) is 9.59 Å². The number of ether oxygens (including phenoxy) is 1. The van der Waals surface area contributed by atoms with Crippen LogP contribution in [0.15, 0.2) is 54.1 Å². The maximum Gasteiger partial charge on any atom is 0.293 e. The highest BCUT2D eigenvalue weighted by Crippen LogP contribution is 2.33. The summed E-state index contributed by atoms with van der Waals surface area (Å²) in [6.07, 6.45) is 0. The maximum atomic E-state index is 12.3. The average Bonchev–Trinajstić information content (AvgIpc) is 2.91. The molecule has 1 unspecified atom stereocenters. The average molecular weight is 358 g/mol. The fraction of sp³-hybridized carbons (Fsp3) is 0.158. The molecule has 0 aromatic heterocycles. The highest BCUT2D eigenvalue weighted by atomic mass is 35.5. The van der Waals surface area contributed by atoms with E-state index < -0.39 is 17.7 Å². The van der Waals surface area contributed by atoms with Crippen LogP contribution >= 0.6 is 11.6 Å². The fourth-order valence-electron chi connectivity index (χ4n) is 2.70. The van der Waals surface area contributed by atoms with Crippen LogP contribution in [0.2, 0.25) is 5.02 Å². The summed E-state index contributed by atoms with van der Waals surface area (Å²) in [4.78, 5) is 24.1. The molecular formula is C19H16ClNO4. The second-order valence-corrected chi connectivity index (χ2v) is 5.94. The van der Waals surface area contributed by atoms with E-state index in [2.05, 4.69) is 5.32 Å². The molecular weight excluding hydrogens is 342 g/mol. The summed E-state index contributed by atoms with van der Waals surface area (Å²) < 4.78 is 5.36. The Morgan fingerprint density at radius 2 is 1.76 bits per heavy atom. The topological polar surface area (TPSA) is 75.6 Å². The molecule has 128 valence electrons. The molecule has 1 aliphatic rings. The number of carbonyl (C=O) groups excluding carboxylic acids is 2. The Bertz CT molecular complexity index is 841. The van der Waals surface area contributed by atoms with E-state index in [1.165, 1.54) is 0 Å². The van der Waals surface area contributed by atoms with Gasteiger partial charge in [0, 0.05) is 10.6 Å². The van der Waals surface area contributed by atoms with Crippen molar-refractivity contribution in [1.29, 1.82) is 0 Å². The largest absolute Gasteiger partial charge is 0.507 e. The van der Waals surface area contributed by atoms with Crippen molar-refractivity contribution in [3.05, 3.63) is 70.3 Å². The number of ketones is 1. The van der Waals surface area contributed by atoms with Gasteiger partial charge in [0.25, 0.3) is 11.7 Å². The van der Waals surface area contributed by atoms with Gasteiger partial charge in [-0.25, -0.2) is 0 Å². The Morgan fingerprint density at radius 3 is 2.36 bits per heavy atom. The predicted octanol–water partition coefficient (Wildman–Crippen LogP) is 3.45. The van der Waals surface area contributed by atoms with Crippen LogP contribution in [-0.4, -0.2) is 23.4 Å². The van der Waals surface area contributed by atoms with Gasteiger partial charge in [0.1, 0.15) is 11.5 Å². The minimum Gasteiger partial charge on any atom is -0.507 e. The Hall–Kier alpha value is -2.79. The molecule has 2 N–H and O–H groups in total. The summed E-state index contributed by atoms with van der Waals surface area (Å²) in [5, 5.41) is 13.8. The van der Waals surface area contributed by atoms with Crippen LogP contribution in [-0.2, 0) is 9.59 Å². The van der Waals surface area contributed by atoms with E-state index in [4.69, 9.17) is 16.3 Å². The number of halogens is 1. The van der Waals surface area contributed by atoms with Crippen molar-refractivity contribution in [2.75, 3.05) is 6.61 Å². The van der Waals surface area contributed by atoms with Gasteiger partial charge in [-0.1, -0.05) is 23.7 Å². The van der Waals surface area contributed by atoms with E-state index in [0.717, 1.165) is 0 Å². The van der Waals surface area contributed by atoms with Crippen LogP contribution in [0, 0.1) is 0 Å². The van der Waals surface area contributed by atoms with Gasteiger partial charge in [-0.05, 0) is 48.9 Å². The number of benzene rings is 2. The van der Waals surface area contributed by atoms with Crippen molar-refractivity contribution >= 4 is 29.1 Å². The van der Waals surface area contributed by atoms with Gasteiger partial charge in [0.2, 0.25) is 0 Å². The first-order valence-corrected chi connectivity index (χ1v) is 8.16.